The summed E-state index contributed by atoms with van der Waals surface area (Å²) in [5.41, 5.74) is 1.76. The van der Waals surface area contributed by atoms with Crippen molar-refractivity contribution in [3.63, 3.8) is 0 Å². The maximum atomic E-state index is 12.0. The summed E-state index contributed by atoms with van der Waals surface area (Å²) in [6, 6.07) is 7.51. The van der Waals surface area contributed by atoms with Crippen molar-refractivity contribution in [2.24, 2.45) is 0 Å². The van der Waals surface area contributed by atoms with E-state index in [9.17, 15) is 4.79 Å². The number of likely N-dealkylation sites (N-methyl/N-ethyl adjacent to an activating group) is 1. The summed E-state index contributed by atoms with van der Waals surface area (Å²) in [6.07, 6.45) is 2.67. The molecule has 7 heteroatoms. The van der Waals surface area contributed by atoms with Crippen LogP contribution in [0.15, 0.2) is 35.8 Å². The number of rotatable bonds is 9. The van der Waals surface area contributed by atoms with Gasteiger partial charge in [0.1, 0.15) is 5.01 Å². The number of thiazole rings is 1. The van der Waals surface area contributed by atoms with Crippen LogP contribution in [0.3, 0.4) is 0 Å². The first-order valence-corrected chi connectivity index (χ1v) is 8.79. The summed E-state index contributed by atoms with van der Waals surface area (Å²) in [7, 11) is 3.74. The number of carbonyl (C=O) groups excluding carboxylic acids is 1. The molecule has 1 aromatic heterocycles. The van der Waals surface area contributed by atoms with Gasteiger partial charge >= 0.3 is 6.03 Å². The number of anilines is 1. The average Bonchev–Trinajstić information content (AvgIpc) is 3.12. The number of urea groups is 1. The first-order chi connectivity index (χ1) is 11.7. The summed E-state index contributed by atoms with van der Waals surface area (Å²) in [5.74, 6) is 0. The number of carbonyl (C=O) groups is 1. The molecule has 0 aliphatic rings. The van der Waals surface area contributed by atoms with Crippen molar-refractivity contribution in [3.8, 4) is 10.6 Å². The van der Waals surface area contributed by atoms with Gasteiger partial charge in [0, 0.05) is 43.0 Å². The number of amides is 2. The number of ether oxygens (including phenoxy) is 1. The summed E-state index contributed by atoms with van der Waals surface area (Å²) >= 11 is 1.58. The molecular weight excluding hydrogens is 324 g/mol. The Bertz CT molecular complexity index is 619. The Morgan fingerprint density at radius 2 is 2.25 bits per heavy atom. The number of nitrogens with one attached hydrogen (secondary N) is 2. The van der Waals surface area contributed by atoms with E-state index in [1.54, 1.807) is 24.6 Å². The molecule has 2 N–H and O–H groups in total. The van der Waals surface area contributed by atoms with Crippen molar-refractivity contribution < 1.29 is 9.53 Å². The third-order valence-corrected chi connectivity index (χ3v) is 4.30. The van der Waals surface area contributed by atoms with Crippen LogP contribution in [0, 0.1) is 0 Å². The predicted octanol–water partition coefficient (Wildman–Crippen LogP) is 2.90. The summed E-state index contributed by atoms with van der Waals surface area (Å²) in [5, 5.41) is 8.61. The van der Waals surface area contributed by atoms with Gasteiger partial charge in [0.25, 0.3) is 0 Å². The maximum absolute atomic E-state index is 12.0. The molecule has 0 atom stereocenters. The van der Waals surface area contributed by atoms with Crippen LogP contribution in [0.1, 0.15) is 6.42 Å². The minimum Gasteiger partial charge on any atom is -0.383 e. The molecular formula is C17H24N4O2S. The van der Waals surface area contributed by atoms with E-state index in [0.717, 1.165) is 42.4 Å². The Morgan fingerprint density at radius 3 is 3.00 bits per heavy atom. The Kier molecular flexibility index (Phi) is 7.67. The van der Waals surface area contributed by atoms with Gasteiger partial charge in [-0.2, -0.15) is 0 Å². The summed E-state index contributed by atoms with van der Waals surface area (Å²) in [6.45, 7) is 3.17. The van der Waals surface area contributed by atoms with Crippen LogP contribution in [0.5, 0.6) is 0 Å². The first-order valence-electron chi connectivity index (χ1n) is 7.91. The molecule has 130 valence electrons. The first kappa shape index (κ1) is 18.4. The number of methoxy groups -OCH3 is 1. The van der Waals surface area contributed by atoms with Gasteiger partial charge in [0.05, 0.1) is 6.61 Å². The molecule has 0 saturated carbocycles. The minimum absolute atomic E-state index is 0.189. The minimum atomic E-state index is -0.189. The Balaban J connectivity index is 1.72. The largest absolute Gasteiger partial charge is 0.383 e. The monoisotopic (exact) mass is 348 g/mol. The van der Waals surface area contributed by atoms with Gasteiger partial charge in [-0.05, 0) is 32.1 Å². The van der Waals surface area contributed by atoms with E-state index < -0.39 is 0 Å². The predicted molar refractivity (Wildman–Crippen MR) is 98.6 cm³/mol. The fraction of sp³-hybridized carbons (Fsp3) is 0.412. The quantitative estimate of drug-likeness (QED) is 0.684. The van der Waals surface area contributed by atoms with Gasteiger partial charge in [-0.3, -0.25) is 0 Å². The highest BCUT2D eigenvalue weighted by molar-refractivity contribution is 7.13. The lowest BCUT2D eigenvalue weighted by molar-refractivity contribution is 0.160. The molecule has 6 nitrogen and oxygen atoms in total. The summed E-state index contributed by atoms with van der Waals surface area (Å²) in [4.78, 5) is 18.4. The molecule has 24 heavy (non-hydrogen) atoms. The van der Waals surface area contributed by atoms with Crippen molar-refractivity contribution in [1.82, 2.24) is 15.2 Å². The Morgan fingerprint density at radius 1 is 1.38 bits per heavy atom. The fourth-order valence-corrected chi connectivity index (χ4v) is 2.82. The molecule has 0 bridgehead atoms. The van der Waals surface area contributed by atoms with Crippen LogP contribution in [0.2, 0.25) is 0 Å². The van der Waals surface area contributed by atoms with Crippen LogP contribution >= 0.6 is 11.3 Å². The highest BCUT2D eigenvalue weighted by Crippen LogP contribution is 2.24. The lowest BCUT2D eigenvalue weighted by Gasteiger charge is -2.16. The van der Waals surface area contributed by atoms with Crippen LogP contribution in [0.4, 0.5) is 10.5 Å². The van der Waals surface area contributed by atoms with Gasteiger partial charge in [-0.25, -0.2) is 9.78 Å². The van der Waals surface area contributed by atoms with E-state index in [0.29, 0.717) is 6.54 Å². The smallest absolute Gasteiger partial charge is 0.319 e. The van der Waals surface area contributed by atoms with Crippen molar-refractivity contribution >= 4 is 23.1 Å². The van der Waals surface area contributed by atoms with Crippen molar-refractivity contribution in [2.75, 3.05) is 45.7 Å². The van der Waals surface area contributed by atoms with Crippen molar-refractivity contribution in [1.29, 1.82) is 0 Å². The molecule has 0 aliphatic heterocycles. The molecule has 0 spiro atoms. The number of hydrogen-bond acceptors (Lipinski definition) is 5. The highest BCUT2D eigenvalue weighted by atomic mass is 32.1. The second kappa shape index (κ2) is 10.0. The number of benzene rings is 1. The number of nitrogens with zero attached hydrogens (tertiary/aromatic N) is 2. The van der Waals surface area contributed by atoms with E-state index in [2.05, 4.69) is 20.5 Å². The van der Waals surface area contributed by atoms with E-state index in [1.807, 2.05) is 36.7 Å². The van der Waals surface area contributed by atoms with Crippen molar-refractivity contribution in [2.45, 2.75) is 6.42 Å². The van der Waals surface area contributed by atoms with Crippen LogP contribution < -0.4 is 10.6 Å². The van der Waals surface area contributed by atoms with Gasteiger partial charge in [0.2, 0.25) is 0 Å². The zero-order valence-electron chi connectivity index (χ0n) is 14.1. The van der Waals surface area contributed by atoms with E-state index in [1.165, 1.54) is 0 Å². The van der Waals surface area contributed by atoms with Gasteiger partial charge in [-0.15, -0.1) is 11.3 Å². The normalized spacial score (nSPS) is 10.8. The van der Waals surface area contributed by atoms with Crippen LogP contribution in [-0.2, 0) is 4.74 Å². The van der Waals surface area contributed by atoms with Gasteiger partial charge in [0.15, 0.2) is 0 Å². The van der Waals surface area contributed by atoms with E-state index in [-0.39, 0.29) is 6.03 Å². The average molecular weight is 348 g/mol. The Hall–Kier alpha value is -1.96. The van der Waals surface area contributed by atoms with E-state index in [4.69, 9.17) is 4.74 Å². The Labute approximate surface area is 146 Å². The number of aromatic nitrogens is 1. The fourth-order valence-electron chi connectivity index (χ4n) is 2.18. The zero-order chi connectivity index (χ0) is 17.2. The maximum Gasteiger partial charge on any atom is 0.319 e. The standard InChI is InChI=1S/C17H24N4O2S/c1-21(10-11-23-2)9-4-7-19-17(22)20-15-6-3-5-14(13-15)16-18-8-12-24-16/h3,5-6,8,12-13H,4,7,9-11H2,1-2H3,(H2,19,20,22). The zero-order valence-corrected chi connectivity index (χ0v) is 14.9. The van der Waals surface area contributed by atoms with E-state index >= 15 is 0 Å². The molecule has 1 heterocycles. The SMILES string of the molecule is COCCN(C)CCCNC(=O)Nc1cccc(-c2nccs2)c1. The topological polar surface area (TPSA) is 66.5 Å². The molecule has 0 unspecified atom stereocenters. The molecule has 2 aromatic rings. The number of hydrogen-bond donors (Lipinski definition) is 2. The summed E-state index contributed by atoms with van der Waals surface area (Å²) < 4.78 is 5.03. The highest BCUT2D eigenvalue weighted by Gasteiger charge is 2.05. The molecule has 0 radical (unpaired) electrons. The van der Waals surface area contributed by atoms with Crippen LogP contribution in [0.25, 0.3) is 10.6 Å². The molecule has 0 saturated heterocycles. The van der Waals surface area contributed by atoms with Gasteiger partial charge < -0.3 is 20.3 Å². The van der Waals surface area contributed by atoms with Crippen LogP contribution in [-0.4, -0.2) is 56.3 Å². The molecule has 2 amide bonds. The van der Waals surface area contributed by atoms with Gasteiger partial charge in [-0.1, -0.05) is 12.1 Å². The third-order valence-electron chi connectivity index (χ3n) is 3.48. The molecule has 1 aromatic carbocycles. The molecule has 0 fully saturated rings. The van der Waals surface area contributed by atoms with Crippen molar-refractivity contribution in [3.05, 3.63) is 35.8 Å². The second-order valence-corrected chi connectivity index (χ2v) is 6.34. The molecule has 0 aliphatic carbocycles. The lowest BCUT2D eigenvalue weighted by atomic mass is 10.2. The second-order valence-electron chi connectivity index (χ2n) is 5.45. The third kappa shape index (κ3) is 6.27. The lowest BCUT2D eigenvalue weighted by Crippen LogP contribution is -2.32. The molecule has 2 rings (SSSR count).